The van der Waals surface area contributed by atoms with Gasteiger partial charge in [-0.25, -0.2) is 0 Å². The van der Waals surface area contributed by atoms with E-state index in [1.807, 2.05) is 29.2 Å². The van der Waals surface area contributed by atoms with Gasteiger partial charge in [-0.15, -0.1) is 0 Å². The van der Waals surface area contributed by atoms with Crippen molar-refractivity contribution in [3.8, 4) is 5.75 Å². The van der Waals surface area contributed by atoms with Gasteiger partial charge in [0.05, 0.1) is 13.2 Å². The van der Waals surface area contributed by atoms with Crippen LogP contribution in [0.25, 0.3) is 0 Å². The number of hydrogen-bond acceptors (Lipinski definition) is 3. The molecule has 2 atom stereocenters. The van der Waals surface area contributed by atoms with Crippen LogP contribution in [-0.4, -0.2) is 30.5 Å². The first-order valence-corrected chi connectivity index (χ1v) is 8.48. The van der Waals surface area contributed by atoms with E-state index in [4.69, 9.17) is 4.74 Å². The SMILES string of the molecule is COc1ccc(N2C(=O)[C@@H]3CCCN3[C@H]2c2cccc(C)c2)cc1. The Morgan fingerprint density at radius 1 is 1.12 bits per heavy atom. The van der Waals surface area contributed by atoms with Gasteiger partial charge in [0.1, 0.15) is 11.9 Å². The van der Waals surface area contributed by atoms with Gasteiger partial charge in [-0.2, -0.15) is 0 Å². The number of nitrogens with zero attached hydrogens (tertiary/aromatic N) is 2. The van der Waals surface area contributed by atoms with Crippen LogP contribution < -0.4 is 9.64 Å². The van der Waals surface area contributed by atoms with E-state index in [-0.39, 0.29) is 18.1 Å². The number of hydrogen-bond donors (Lipinski definition) is 0. The number of rotatable bonds is 3. The third kappa shape index (κ3) is 2.38. The molecule has 2 heterocycles. The molecule has 0 radical (unpaired) electrons. The van der Waals surface area contributed by atoms with Crippen LogP contribution in [-0.2, 0) is 4.79 Å². The van der Waals surface area contributed by atoms with Gasteiger partial charge >= 0.3 is 0 Å². The molecule has 0 saturated carbocycles. The third-order valence-electron chi connectivity index (χ3n) is 5.07. The molecule has 0 bridgehead atoms. The van der Waals surface area contributed by atoms with Crippen molar-refractivity contribution in [1.82, 2.24) is 4.90 Å². The zero-order chi connectivity index (χ0) is 16.7. The molecule has 2 saturated heterocycles. The molecule has 0 spiro atoms. The average molecular weight is 322 g/mol. The molecular formula is C20H22N2O2. The number of amides is 1. The number of carbonyl (C=O) groups is 1. The molecule has 2 aromatic rings. The molecule has 0 unspecified atom stereocenters. The van der Waals surface area contributed by atoms with Crippen molar-refractivity contribution in [2.24, 2.45) is 0 Å². The molecule has 2 aromatic carbocycles. The largest absolute Gasteiger partial charge is 0.497 e. The zero-order valence-electron chi connectivity index (χ0n) is 14.1. The van der Waals surface area contributed by atoms with E-state index < -0.39 is 0 Å². The number of ether oxygens (including phenoxy) is 1. The predicted molar refractivity (Wildman–Crippen MR) is 94.1 cm³/mol. The lowest BCUT2D eigenvalue weighted by molar-refractivity contribution is -0.119. The fourth-order valence-electron chi connectivity index (χ4n) is 3.96. The van der Waals surface area contributed by atoms with E-state index in [9.17, 15) is 4.79 Å². The summed E-state index contributed by atoms with van der Waals surface area (Å²) in [4.78, 5) is 17.4. The minimum atomic E-state index is -0.0155. The Morgan fingerprint density at radius 2 is 1.92 bits per heavy atom. The monoisotopic (exact) mass is 322 g/mol. The molecule has 0 aromatic heterocycles. The zero-order valence-corrected chi connectivity index (χ0v) is 14.1. The average Bonchev–Trinajstić information content (AvgIpc) is 3.17. The van der Waals surface area contributed by atoms with Gasteiger partial charge in [-0.05, 0) is 49.6 Å². The van der Waals surface area contributed by atoms with Crippen molar-refractivity contribution in [2.75, 3.05) is 18.6 Å². The molecule has 1 amide bonds. The highest BCUT2D eigenvalue weighted by atomic mass is 16.5. The first kappa shape index (κ1) is 15.2. The number of methoxy groups -OCH3 is 1. The van der Waals surface area contributed by atoms with Crippen molar-refractivity contribution in [1.29, 1.82) is 0 Å². The fraction of sp³-hybridized carbons (Fsp3) is 0.350. The highest BCUT2D eigenvalue weighted by Gasteiger charge is 2.49. The van der Waals surface area contributed by atoms with Gasteiger partial charge in [-0.1, -0.05) is 29.8 Å². The summed E-state index contributed by atoms with van der Waals surface area (Å²) in [6.07, 6.45) is 2.03. The van der Waals surface area contributed by atoms with Crippen LogP contribution in [0.15, 0.2) is 48.5 Å². The molecule has 4 heteroatoms. The lowest BCUT2D eigenvalue weighted by Gasteiger charge is -2.30. The molecule has 2 aliphatic rings. The van der Waals surface area contributed by atoms with Crippen LogP contribution in [0.4, 0.5) is 5.69 Å². The van der Waals surface area contributed by atoms with Gasteiger partial charge in [0.25, 0.3) is 0 Å². The Labute approximate surface area is 142 Å². The lowest BCUT2D eigenvalue weighted by Crippen LogP contribution is -2.32. The fourth-order valence-corrected chi connectivity index (χ4v) is 3.96. The van der Waals surface area contributed by atoms with Crippen molar-refractivity contribution < 1.29 is 9.53 Å². The maximum atomic E-state index is 13.1. The Bertz CT molecular complexity index is 756. The second-order valence-electron chi connectivity index (χ2n) is 6.59. The van der Waals surface area contributed by atoms with Crippen molar-refractivity contribution >= 4 is 11.6 Å². The number of anilines is 1. The second-order valence-corrected chi connectivity index (χ2v) is 6.59. The Kier molecular flexibility index (Phi) is 3.77. The lowest BCUT2D eigenvalue weighted by atomic mass is 10.1. The normalized spacial score (nSPS) is 23.6. The summed E-state index contributed by atoms with van der Waals surface area (Å²) in [5, 5.41) is 0. The molecule has 24 heavy (non-hydrogen) atoms. The maximum Gasteiger partial charge on any atom is 0.246 e. The molecule has 4 nitrogen and oxygen atoms in total. The molecule has 2 fully saturated rings. The topological polar surface area (TPSA) is 32.8 Å². The predicted octanol–water partition coefficient (Wildman–Crippen LogP) is 3.51. The quantitative estimate of drug-likeness (QED) is 0.867. The van der Waals surface area contributed by atoms with Crippen molar-refractivity contribution in [3.05, 3.63) is 59.7 Å². The number of benzene rings is 2. The second kappa shape index (κ2) is 5.95. The van der Waals surface area contributed by atoms with Gasteiger partial charge in [0, 0.05) is 12.2 Å². The maximum absolute atomic E-state index is 13.1. The molecular weight excluding hydrogens is 300 g/mol. The standard InChI is InChI=1S/C20H22N2O2/c1-14-5-3-6-15(13-14)19-21-12-4-7-18(21)20(23)22(19)16-8-10-17(24-2)11-9-16/h3,5-6,8-11,13,18-19H,4,7,12H2,1-2H3/t18-,19+/m0/s1. The number of carbonyl (C=O) groups excluding carboxylic acids is 1. The minimum Gasteiger partial charge on any atom is -0.497 e. The number of aryl methyl sites for hydroxylation is 1. The third-order valence-corrected chi connectivity index (χ3v) is 5.07. The van der Waals surface area contributed by atoms with Crippen LogP contribution in [0.5, 0.6) is 5.75 Å². The molecule has 0 aliphatic carbocycles. The van der Waals surface area contributed by atoms with E-state index in [0.717, 1.165) is 30.8 Å². The van der Waals surface area contributed by atoms with Crippen LogP contribution >= 0.6 is 0 Å². The van der Waals surface area contributed by atoms with E-state index in [1.54, 1.807) is 7.11 Å². The highest BCUT2D eigenvalue weighted by Crippen LogP contribution is 2.42. The van der Waals surface area contributed by atoms with Crippen molar-refractivity contribution in [2.45, 2.75) is 32.0 Å². The Balaban J connectivity index is 1.78. The summed E-state index contributed by atoms with van der Waals surface area (Å²) in [5.41, 5.74) is 3.34. The summed E-state index contributed by atoms with van der Waals surface area (Å²) in [5.74, 6) is 1.02. The van der Waals surface area contributed by atoms with E-state index in [1.165, 1.54) is 11.1 Å². The Hall–Kier alpha value is -2.33. The summed E-state index contributed by atoms with van der Waals surface area (Å²) >= 11 is 0. The molecule has 2 aliphatic heterocycles. The van der Waals surface area contributed by atoms with E-state index in [0.29, 0.717) is 0 Å². The van der Waals surface area contributed by atoms with E-state index in [2.05, 4.69) is 36.1 Å². The van der Waals surface area contributed by atoms with Crippen LogP contribution in [0, 0.1) is 6.92 Å². The Morgan fingerprint density at radius 3 is 2.62 bits per heavy atom. The van der Waals surface area contributed by atoms with Gasteiger partial charge in [0.2, 0.25) is 5.91 Å². The molecule has 124 valence electrons. The molecule has 4 rings (SSSR count). The van der Waals surface area contributed by atoms with Crippen LogP contribution in [0.3, 0.4) is 0 Å². The summed E-state index contributed by atoms with van der Waals surface area (Å²) in [6, 6.07) is 16.3. The van der Waals surface area contributed by atoms with E-state index >= 15 is 0 Å². The first-order valence-electron chi connectivity index (χ1n) is 8.48. The van der Waals surface area contributed by atoms with Gasteiger partial charge in [0.15, 0.2) is 0 Å². The summed E-state index contributed by atoms with van der Waals surface area (Å²) in [6.45, 7) is 3.07. The minimum absolute atomic E-state index is 0.0117. The van der Waals surface area contributed by atoms with Crippen LogP contribution in [0.1, 0.15) is 30.1 Å². The highest BCUT2D eigenvalue weighted by molar-refractivity contribution is 6.00. The van der Waals surface area contributed by atoms with Crippen molar-refractivity contribution in [3.63, 3.8) is 0 Å². The first-order chi connectivity index (χ1) is 11.7. The van der Waals surface area contributed by atoms with Gasteiger partial charge < -0.3 is 4.74 Å². The smallest absolute Gasteiger partial charge is 0.246 e. The van der Waals surface area contributed by atoms with Crippen LogP contribution in [0.2, 0.25) is 0 Å². The van der Waals surface area contributed by atoms with Gasteiger partial charge in [-0.3, -0.25) is 14.6 Å². The number of fused-ring (bicyclic) bond motifs is 1. The molecule has 0 N–H and O–H groups in total. The summed E-state index contributed by atoms with van der Waals surface area (Å²) in [7, 11) is 1.65. The summed E-state index contributed by atoms with van der Waals surface area (Å²) < 4.78 is 5.25.